The Kier molecular flexibility index (Phi) is 16.2. The van der Waals surface area contributed by atoms with Gasteiger partial charge in [-0.05, 0) is 132 Å². The monoisotopic (exact) mass is 1020 g/mol. The molecule has 4 amide bonds. The first-order valence-corrected chi connectivity index (χ1v) is 26.7. The molecule has 376 valence electrons. The van der Waals surface area contributed by atoms with Crippen LogP contribution >= 0.6 is 34.7 Å². The highest BCUT2D eigenvalue weighted by Crippen LogP contribution is 2.42. The molecule has 2 saturated heterocycles. The molecule has 2 atom stereocenters. The van der Waals surface area contributed by atoms with Crippen LogP contribution in [-0.2, 0) is 20.9 Å². The van der Waals surface area contributed by atoms with Gasteiger partial charge in [-0.3, -0.25) is 24.1 Å². The molecule has 2 aromatic heterocycles. The van der Waals surface area contributed by atoms with Crippen LogP contribution in [-0.4, -0.2) is 135 Å². The fraction of sp³-hybridized carbons (Fsp3) is 0.549. The van der Waals surface area contributed by atoms with Crippen molar-refractivity contribution in [3.05, 3.63) is 75.5 Å². The summed E-state index contributed by atoms with van der Waals surface area (Å²) in [7, 11) is 3.29. The molecule has 4 aromatic rings. The second kappa shape index (κ2) is 22.2. The summed E-state index contributed by atoms with van der Waals surface area (Å²) in [5.41, 5.74) is 5.18. The van der Waals surface area contributed by atoms with Gasteiger partial charge in [-0.2, -0.15) is 16.7 Å². The smallest absolute Gasteiger partial charge is 0.258 e. The van der Waals surface area contributed by atoms with E-state index in [1.807, 2.05) is 50.2 Å². The van der Waals surface area contributed by atoms with E-state index in [2.05, 4.69) is 47.2 Å². The molecule has 0 radical (unpaired) electrons. The SMILES string of the molecule is CNc1nc(Nc2ccc(C(=O)N3CCN(CC4CCC(CSC(C)(C)[C@H](NC(=O)C5(F)CC5)C(=O)N5CCCC5C(=O)NCc5ccc(-c6scnc6C)cc5C)CC4)CC3)cc2OC)ncc1Cl. The second-order valence-corrected chi connectivity index (χ2v) is 22.7. The fourth-order valence-electron chi connectivity index (χ4n) is 9.84. The van der Waals surface area contributed by atoms with Crippen molar-refractivity contribution >= 4 is 75.8 Å². The molecule has 2 saturated carbocycles. The van der Waals surface area contributed by atoms with E-state index in [1.165, 1.54) is 6.20 Å². The zero-order valence-corrected chi connectivity index (χ0v) is 43.4. The van der Waals surface area contributed by atoms with Crippen molar-refractivity contribution in [3.63, 3.8) is 0 Å². The van der Waals surface area contributed by atoms with Crippen LogP contribution in [0.3, 0.4) is 0 Å². The Morgan fingerprint density at radius 1 is 0.986 bits per heavy atom. The van der Waals surface area contributed by atoms with Gasteiger partial charge in [0.05, 0.1) is 35.1 Å². The van der Waals surface area contributed by atoms with E-state index in [9.17, 15) is 19.2 Å². The number of likely N-dealkylation sites (tertiary alicyclic amines) is 1. The minimum atomic E-state index is -1.94. The van der Waals surface area contributed by atoms with E-state index in [1.54, 1.807) is 60.4 Å². The maximum Gasteiger partial charge on any atom is 0.258 e. The van der Waals surface area contributed by atoms with E-state index in [0.717, 1.165) is 78.3 Å². The Labute approximate surface area is 423 Å². The molecule has 1 unspecified atom stereocenters. The maximum atomic E-state index is 15.2. The van der Waals surface area contributed by atoms with Gasteiger partial charge in [-0.15, -0.1) is 11.3 Å². The zero-order chi connectivity index (χ0) is 49.7. The highest BCUT2D eigenvalue weighted by atomic mass is 35.5. The molecule has 0 spiro atoms. The minimum Gasteiger partial charge on any atom is -0.495 e. The number of piperazine rings is 1. The summed E-state index contributed by atoms with van der Waals surface area (Å²) >= 11 is 9.40. The highest BCUT2D eigenvalue weighted by Gasteiger charge is 2.54. The number of nitrogens with one attached hydrogen (secondary N) is 4. The van der Waals surface area contributed by atoms with Gasteiger partial charge in [0.15, 0.2) is 5.67 Å². The Hall–Kier alpha value is -5.04. The van der Waals surface area contributed by atoms with Crippen LogP contribution in [0.2, 0.25) is 5.02 Å². The van der Waals surface area contributed by atoms with E-state index in [-0.39, 0.29) is 30.6 Å². The maximum absolute atomic E-state index is 15.2. The number of hydrogen-bond acceptors (Lipinski definition) is 13. The first kappa shape index (κ1) is 51.3. The van der Waals surface area contributed by atoms with Crippen LogP contribution < -0.4 is 26.0 Å². The van der Waals surface area contributed by atoms with Crippen molar-refractivity contribution < 1.29 is 28.3 Å². The highest BCUT2D eigenvalue weighted by molar-refractivity contribution is 8.00. The molecule has 8 rings (SSSR count). The molecule has 19 heteroatoms. The van der Waals surface area contributed by atoms with Crippen LogP contribution in [0.1, 0.15) is 92.4 Å². The van der Waals surface area contributed by atoms with E-state index >= 15 is 4.39 Å². The summed E-state index contributed by atoms with van der Waals surface area (Å²) < 4.78 is 20.1. The van der Waals surface area contributed by atoms with E-state index in [4.69, 9.17) is 16.3 Å². The van der Waals surface area contributed by atoms with Crippen LogP contribution in [0, 0.1) is 25.7 Å². The summed E-state index contributed by atoms with van der Waals surface area (Å²) in [6.07, 6.45) is 7.27. The van der Waals surface area contributed by atoms with Gasteiger partial charge >= 0.3 is 0 Å². The molecule has 70 heavy (non-hydrogen) atoms. The number of hydrogen-bond donors (Lipinski definition) is 4. The predicted molar refractivity (Wildman–Crippen MR) is 276 cm³/mol. The average molecular weight is 1020 g/mol. The van der Waals surface area contributed by atoms with E-state index < -0.39 is 28.4 Å². The molecule has 15 nitrogen and oxygen atoms in total. The molecular weight excluding hydrogens is 951 g/mol. The van der Waals surface area contributed by atoms with Gasteiger partial charge in [0.1, 0.15) is 28.7 Å². The Balaban J connectivity index is 0.804. The summed E-state index contributed by atoms with van der Waals surface area (Å²) in [5.74, 6) is 1.78. The van der Waals surface area contributed by atoms with Gasteiger partial charge in [-0.1, -0.05) is 29.8 Å². The molecule has 2 aliphatic carbocycles. The number of carbonyl (C=O) groups excluding carboxylic acids is 4. The van der Waals surface area contributed by atoms with Gasteiger partial charge in [0.25, 0.3) is 11.8 Å². The Morgan fingerprint density at radius 2 is 1.73 bits per heavy atom. The number of thiazole rings is 1. The minimum absolute atomic E-state index is 0.0390. The lowest BCUT2D eigenvalue weighted by Gasteiger charge is -2.40. The van der Waals surface area contributed by atoms with Gasteiger partial charge < -0.3 is 35.8 Å². The third-order valence-corrected chi connectivity index (χ3v) is 17.3. The number of alkyl halides is 1. The van der Waals surface area contributed by atoms with Crippen molar-refractivity contribution in [2.24, 2.45) is 11.8 Å². The summed E-state index contributed by atoms with van der Waals surface area (Å²) in [5, 5.41) is 12.4. The largest absolute Gasteiger partial charge is 0.495 e. The second-order valence-electron chi connectivity index (χ2n) is 19.8. The molecule has 2 aliphatic heterocycles. The van der Waals surface area contributed by atoms with Crippen LogP contribution in [0.4, 0.5) is 21.8 Å². The third kappa shape index (κ3) is 12.0. The van der Waals surface area contributed by atoms with Gasteiger partial charge in [-0.25, -0.2) is 14.4 Å². The fourth-order valence-corrected chi connectivity index (χ4v) is 12.2. The topological polar surface area (TPSA) is 174 Å². The molecule has 4 fully saturated rings. The molecule has 4 heterocycles. The van der Waals surface area contributed by atoms with Crippen LogP contribution in [0.5, 0.6) is 5.75 Å². The Morgan fingerprint density at radius 3 is 2.40 bits per heavy atom. The Bertz CT molecular complexity index is 2540. The van der Waals surface area contributed by atoms with Crippen molar-refractivity contribution in [3.8, 4) is 16.2 Å². The number of rotatable bonds is 18. The molecular formula is C51H66ClFN10O5S2. The number of ether oxygens (including phenoxy) is 1. The van der Waals surface area contributed by atoms with Gasteiger partial charge in [0, 0.05) is 63.2 Å². The predicted octanol–water partition coefficient (Wildman–Crippen LogP) is 8.03. The van der Waals surface area contributed by atoms with Crippen LogP contribution in [0.25, 0.3) is 10.4 Å². The lowest BCUT2D eigenvalue weighted by atomic mass is 9.82. The number of aromatic nitrogens is 3. The summed E-state index contributed by atoms with van der Waals surface area (Å²) in [4.78, 5) is 75.4. The number of carbonyl (C=O) groups is 4. The van der Waals surface area contributed by atoms with Crippen molar-refractivity contribution in [1.82, 2.24) is 40.3 Å². The summed E-state index contributed by atoms with van der Waals surface area (Å²) in [6.45, 7) is 12.5. The number of methoxy groups -OCH3 is 1. The number of nitrogens with zero attached hydrogens (tertiary/aromatic N) is 6. The van der Waals surface area contributed by atoms with E-state index in [0.29, 0.717) is 84.6 Å². The first-order chi connectivity index (χ1) is 33.5. The number of halogens is 2. The molecule has 4 N–H and O–H groups in total. The average Bonchev–Trinajstić information content (AvgIpc) is 3.68. The third-order valence-electron chi connectivity index (χ3n) is 14.5. The lowest BCUT2D eigenvalue weighted by molar-refractivity contribution is -0.143. The quantitative estimate of drug-likeness (QED) is 0.0757. The number of amides is 4. The zero-order valence-electron chi connectivity index (χ0n) is 41.0. The van der Waals surface area contributed by atoms with Crippen molar-refractivity contribution in [2.45, 2.75) is 108 Å². The molecule has 4 aliphatic rings. The first-order valence-electron chi connectivity index (χ1n) is 24.4. The molecule has 0 bridgehead atoms. The number of thioether (sulfide) groups is 1. The van der Waals surface area contributed by atoms with Crippen LogP contribution in [0.15, 0.2) is 48.1 Å². The summed E-state index contributed by atoms with van der Waals surface area (Å²) in [6, 6.07) is 9.82. The van der Waals surface area contributed by atoms with Crippen molar-refractivity contribution in [2.75, 3.05) is 69.8 Å². The number of anilines is 3. The van der Waals surface area contributed by atoms with Gasteiger partial charge in [0.2, 0.25) is 17.8 Å². The molecule has 2 aromatic carbocycles. The normalized spacial score (nSPS) is 20.7. The number of aryl methyl sites for hydroxylation is 2. The van der Waals surface area contributed by atoms with Crippen molar-refractivity contribution in [1.29, 1.82) is 0 Å². The lowest BCUT2D eigenvalue weighted by Crippen LogP contribution is -2.61. The number of benzene rings is 2. The standard InChI is InChI=1S/C51H66ClFN10O5S2/c1-31-24-35(42-32(2)57-30-69-42)13-14-37(31)26-55-45(64)40-8-7-19-63(40)47(66)43(59-48(67)51(53)17-18-51)50(3,4)70-29-34-11-9-33(10-12-34)28-61-20-22-62(23-21-61)46(65)36-15-16-39(41(25-36)68-6)58-49-56-27-38(52)44(54-5)60-49/h13-16,24-25,27,30,33-34,40,43H,7-12,17-23,26,28-29H2,1-6H3,(H,55,64)(H,59,67)(H2,54,56,58,60)/t33?,34?,40?,43-/m1/s1.